The molecule has 0 fully saturated rings. The second kappa shape index (κ2) is 62.4. The van der Waals surface area contributed by atoms with E-state index in [0.717, 1.165) is 0 Å². The molecule has 0 nitrogen and oxygen atoms in total. The van der Waals surface area contributed by atoms with Gasteiger partial charge in [-0.3, -0.25) is 0 Å². The number of rotatable bonds is 0. The van der Waals surface area contributed by atoms with E-state index in [1.807, 2.05) is 0 Å². The standard InChI is InChI=1S/8CH3.5Co/h8*1H3;;;;;. The zero-order chi connectivity index (χ0) is 10.8. The van der Waals surface area contributed by atoms with E-state index in [4.69, 9.17) is 0 Å². The van der Waals surface area contributed by atoms with Crippen LogP contribution in [-0.2, 0) is 75.6 Å². The van der Waals surface area contributed by atoms with Crippen LogP contribution in [0.25, 0.3) is 0 Å². The molecule has 0 spiro atoms. The maximum Gasteiger partial charge on any atom is 0 e. The minimum absolute atomic E-state index is 0. The number of hydrogen-bond donors (Lipinski definition) is 0. The molecule has 0 N–H and O–H groups in total. The van der Waals surface area contributed by atoms with Crippen molar-refractivity contribution in [1.82, 2.24) is 0 Å². The van der Waals surface area contributed by atoms with Crippen molar-refractivity contribution in [1.29, 1.82) is 0 Å². The molecule has 0 saturated heterocycles. The van der Waals surface area contributed by atoms with Crippen molar-refractivity contribution in [2.24, 2.45) is 0 Å². The third-order valence-corrected chi connectivity index (χ3v) is 0. The predicted octanol–water partition coefficient (Wildman–Crippen LogP) is 4.66. The Morgan fingerprint density at radius 3 is 0.385 bits per heavy atom. The van der Waals surface area contributed by atoms with E-state index < -0.39 is 0 Å². The monoisotopic (exact) mass is 415 g/mol. The van der Waals surface area contributed by atoms with Crippen LogP contribution in [-0.4, -0.2) is 0 Å². The van der Waals surface area contributed by atoms with Gasteiger partial charge in [-0.05, 0) is 0 Å². The fourth-order valence-electron chi connectivity index (χ4n) is 0. The molecule has 0 aliphatic heterocycles. The smallest absolute Gasteiger partial charge is 0 e. The van der Waals surface area contributed by atoms with Gasteiger partial charge in [0.2, 0.25) is 0 Å². The Morgan fingerprint density at radius 2 is 0.385 bits per heavy atom. The second-order valence-corrected chi connectivity index (χ2v) is 5.50. The summed E-state index contributed by atoms with van der Waals surface area (Å²) >= 11 is 5.75. The fraction of sp³-hybridized carbons (Fsp3) is 1.00. The van der Waals surface area contributed by atoms with Gasteiger partial charge in [0.25, 0.3) is 0 Å². The molecule has 0 unspecified atom stereocenters. The van der Waals surface area contributed by atoms with Crippen molar-refractivity contribution in [3.05, 3.63) is 0 Å². The Labute approximate surface area is 121 Å². The molecule has 0 atom stereocenters. The molecule has 0 aliphatic rings. The minimum atomic E-state index is 0. The second-order valence-electron chi connectivity index (χ2n) is 1.33. The van der Waals surface area contributed by atoms with Crippen LogP contribution in [0.1, 0.15) is 0 Å². The van der Waals surface area contributed by atoms with Crippen LogP contribution in [0.5, 0.6) is 0 Å². The summed E-state index contributed by atoms with van der Waals surface area (Å²) in [6, 6.07) is 0. The van der Waals surface area contributed by atoms with Crippen LogP contribution in [0.4, 0.5) is 0 Å². The third-order valence-electron chi connectivity index (χ3n) is 0. The van der Waals surface area contributed by atoms with E-state index in [2.05, 4.69) is 46.9 Å². The first-order chi connectivity index (χ1) is 5.66. The van der Waals surface area contributed by atoms with Gasteiger partial charge in [0.1, 0.15) is 0 Å². The zero-order valence-corrected chi connectivity index (χ0v) is 14.9. The van der Waals surface area contributed by atoms with Crippen LogP contribution in [0.15, 0.2) is 0 Å². The first-order valence-corrected chi connectivity index (χ1v) is 11.0. The Balaban J connectivity index is -0.0000000213. The van der Waals surface area contributed by atoms with Crippen molar-refractivity contribution in [2.75, 3.05) is 0 Å². The predicted molar refractivity (Wildman–Crippen MR) is 46.9 cm³/mol. The van der Waals surface area contributed by atoms with Crippen LogP contribution in [0, 0.1) is 0 Å². The van der Waals surface area contributed by atoms with Crippen molar-refractivity contribution in [2.45, 2.75) is 46.9 Å². The number of hydrogen-bond acceptors (Lipinski definition) is 0. The van der Waals surface area contributed by atoms with Crippen molar-refractivity contribution >= 4 is 0 Å². The van der Waals surface area contributed by atoms with Crippen molar-refractivity contribution < 1.29 is 75.6 Å². The molecular weight excluding hydrogens is 391 g/mol. The van der Waals surface area contributed by atoms with Gasteiger partial charge in [0, 0.05) is 16.8 Å². The first-order valence-electron chi connectivity index (χ1n) is 2.67. The molecule has 5 heteroatoms. The Bertz CT molecular complexity index is 20.5. The van der Waals surface area contributed by atoms with Gasteiger partial charge in [-0.2, -0.15) is 0 Å². The van der Waals surface area contributed by atoms with Crippen molar-refractivity contribution in [3.63, 3.8) is 0 Å². The molecule has 0 amide bonds. The first kappa shape index (κ1) is 29.6. The molecule has 0 aromatic carbocycles. The SMILES string of the molecule is [CH3][Co][CH3].[CH3][Co][CH3].[CH3][Co][CH3].[CH3][Co][CH3].[Co]. The largest absolute Gasteiger partial charge is 0 e. The average molecular weight is 415 g/mol. The van der Waals surface area contributed by atoms with Crippen LogP contribution >= 0.6 is 0 Å². The summed E-state index contributed by atoms with van der Waals surface area (Å²) < 4.78 is 0. The summed E-state index contributed by atoms with van der Waals surface area (Å²) in [7, 11) is 0. The Morgan fingerprint density at radius 1 is 0.385 bits per heavy atom. The van der Waals surface area contributed by atoms with E-state index in [1.165, 1.54) is 58.8 Å². The summed E-state index contributed by atoms with van der Waals surface area (Å²) in [5, 5.41) is 0. The molecule has 0 heterocycles. The molecule has 101 valence electrons. The quantitative estimate of drug-likeness (QED) is 0.541. The molecule has 0 aliphatic carbocycles. The molecular formula is C8H24Co5. The Kier molecular flexibility index (Phi) is 142. The molecule has 1 radical (unpaired) electrons. The topological polar surface area (TPSA) is 0 Å². The maximum atomic E-state index is 2.09. The van der Waals surface area contributed by atoms with Gasteiger partial charge in [-0.15, -0.1) is 0 Å². The third kappa shape index (κ3) is 356. The summed E-state index contributed by atoms with van der Waals surface area (Å²) in [4.78, 5) is 0. The summed E-state index contributed by atoms with van der Waals surface area (Å²) in [5.41, 5.74) is 0. The molecule has 0 aromatic rings. The van der Waals surface area contributed by atoms with Gasteiger partial charge in [-0.25, -0.2) is 0 Å². The molecule has 0 bridgehead atoms. The van der Waals surface area contributed by atoms with Crippen LogP contribution in [0.3, 0.4) is 0 Å². The van der Waals surface area contributed by atoms with E-state index in [9.17, 15) is 0 Å². The zero-order valence-electron chi connectivity index (χ0n) is 9.67. The van der Waals surface area contributed by atoms with Crippen LogP contribution in [0.2, 0.25) is 46.9 Å². The van der Waals surface area contributed by atoms with Crippen LogP contribution < -0.4 is 0 Å². The van der Waals surface area contributed by atoms with Gasteiger partial charge >= 0.3 is 106 Å². The van der Waals surface area contributed by atoms with Gasteiger partial charge in [0.15, 0.2) is 0 Å². The maximum absolute atomic E-state index is 2.09. The summed E-state index contributed by atoms with van der Waals surface area (Å²) in [6.07, 6.45) is 0. The average Bonchev–Trinajstić information content (AvgIpc) is 1.92. The van der Waals surface area contributed by atoms with E-state index in [0.29, 0.717) is 0 Å². The van der Waals surface area contributed by atoms with Gasteiger partial charge in [-0.1, -0.05) is 0 Å². The fourth-order valence-corrected chi connectivity index (χ4v) is 0. The minimum Gasteiger partial charge on any atom is 0 e. The van der Waals surface area contributed by atoms with Gasteiger partial charge < -0.3 is 0 Å². The van der Waals surface area contributed by atoms with E-state index in [-0.39, 0.29) is 16.8 Å². The molecule has 0 aromatic heterocycles. The van der Waals surface area contributed by atoms with Gasteiger partial charge in [0.05, 0.1) is 0 Å². The van der Waals surface area contributed by atoms with E-state index in [1.54, 1.807) is 0 Å². The molecule has 0 saturated carbocycles. The van der Waals surface area contributed by atoms with E-state index >= 15 is 0 Å². The molecule has 13 heavy (non-hydrogen) atoms. The summed E-state index contributed by atoms with van der Waals surface area (Å²) in [6.45, 7) is 0. The normalized spacial score (nSPS) is 6.77. The summed E-state index contributed by atoms with van der Waals surface area (Å²) in [5.74, 6) is 16.8. The Hall–Kier alpha value is 2.53. The molecule has 0 rings (SSSR count). The van der Waals surface area contributed by atoms with Crippen molar-refractivity contribution in [3.8, 4) is 0 Å².